The highest BCUT2D eigenvalue weighted by molar-refractivity contribution is 5.86. The topological polar surface area (TPSA) is 58.6 Å². The van der Waals surface area contributed by atoms with E-state index in [1.807, 2.05) is 24.3 Å². The second-order valence-electron chi connectivity index (χ2n) is 9.49. The number of para-hydroxylation sites is 1. The van der Waals surface area contributed by atoms with E-state index in [9.17, 15) is 9.90 Å². The van der Waals surface area contributed by atoms with E-state index in [1.165, 1.54) is 27.5 Å². The van der Waals surface area contributed by atoms with Gasteiger partial charge >= 0.3 is 5.97 Å². The molecule has 0 bridgehead atoms. The number of carbonyl (C=O) groups is 1. The molecule has 1 unspecified atom stereocenters. The van der Waals surface area contributed by atoms with Gasteiger partial charge < -0.3 is 15.2 Å². The Kier molecular flexibility index (Phi) is 6.56. The summed E-state index contributed by atoms with van der Waals surface area (Å²) in [6, 6.07) is 31.4. The SMILES string of the molecule is CC(C(=O)O)c1ccc([C@@H]2C[C@H](CN[C@H](C)c3cccc4ccccc34)Oc3ccccc32)cc1. The van der Waals surface area contributed by atoms with Gasteiger partial charge in [0.15, 0.2) is 0 Å². The van der Waals surface area contributed by atoms with Crippen LogP contribution in [0.5, 0.6) is 5.75 Å². The van der Waals surface area contributed by atoms with E-state index < -0.39 is 11.9 Å². The first-order valence-electron chi connectivity index (χ1n) is 12.3. The molecule has 1 aliphatic rings. The van der Waals surface area contributed by atoms with Crippen LogP contribution < -0.4 is 10.1 Å². The molecule has 4 aromatic rings. The molecule has 5 rings (SSSR count). The van der Waals surface area contributed by atoms with Crippen molar-refractivity contribution in [3.8, 4) is 5.75 Å². The van der Waals surface area contributed by atoms with Gasteiger partial charge in [0.2, 0.25) is 0 Å². The first-order chi connectivity index (χ1) is 17.0. The van der Waals surface area contributed by atoms with Gasteiger partial charge in [-0.25, -0.2) is 0 Å². The summed E-state index contributed by atoms with van der Waals surface area (Å²) in [5.74, 6) is -0.190. The Morgan fingerprint density at radius 1 is 0.943 bits per heavy atom. The van der Waals surface area contributed by atoms with Crippen LogP contribution in [0.2, 0.25) is 0 Å². The number of benzene rings is 4. The molecule has 0 spiro atoms. The van der Waals surface area contributed by atoms with Crippen molar-refractivity contribution in [3.05, 3.63) is 113 Å². The van der Waals surface area contributed by atoms with Crippen molar-refractivity contribution in [2.45, 2.75) is 44.2 Å². The van der Waals surface area contributed by atoms with Gasteiger partial charge in [-0.05, 0) is 53.8 Å². The number of nitrogens with one attached hydrogen (secondary N) is 1. The van der Waals surface area contributed by atoms with Gasteiger partial charge in [-0.15, -0.1) is 0 Å². The number of rotatable bonds is 7. The number of carboxylic acid groups (broad SMARTS) is 1. The lowest BCUT2D eigenvalue weighted by Gasteiger charge is -2.33. The molecule has 0 saturated heterocycles. The minimum absolute atomic E-state index is 0.0324. The molecule has 0 saturated carbocycles. The third kappa shape index (κ3) is 4.80. The van der Waals surface area contributed by atoms with Gasteiger partial charge in [-0.2, -0.15) is 0 Å². The van der Waals surface area contributed by atoms with Crippen molar-refractivity contribution < 1.29 is 14.6 Å². The van der Waals surface area contributed by atoms with Crippen LogP contribution in [0.3, 0.4) is 0 Å². The molecule has 0 aromatic heterocycles. The van der Waals surface area contributed by atoms with Gasteiger partial charge in [0.25, 0.3) is 0 Å². The fraction of sp³-hybridized carbons (Fsp3) is 0.258. The minimum atomic E-state index is -0.805. The van der Waals surface area contributed by atoms with E-state index in [2.05, 4.69) is 79.0 Å². The lowest BCUT2D eigenvalue weighted by atomic mass is 9.83. The molecular formula is C31H31NO3. The number of ether oxygens (including phenoxy) is 1. The zero-order chi connectivity index (χ0) is 24.4. The fourth-order valence-electron chi connectivity index (χ4n) is 5.14. The lowest BCUT2D eigenvalue weighted by Crippen LogP contribution is -2.37. The van der Waals surface area contributed by atoms with Crippen molar-refractivity contribution in [3.63, 3.8) is 0 Å². The molecule has 2 N–H and O–H groups in total. The predicted molar refractivity (Wildman–Crippen MR) is 140 cm³/mol. The molecule has 4 atom stereocenters. The molecule has 178 valence electrons. The summed E-state index contributed by atoms with van der Waals surface area (Å²) in [4.78, 5) is 11.4. The highest BCUT2D eigenvalue weighted by atomic mass is 16.5. The third-order valence-electron chi connectivity index (χ3n) is 7.24. The van der Waals surface area contributed by atoms with Crippen LogP contribution in [0, 0.1) is 0 Å². The Hall–Kier alpha value is -3.63. The largest absolute Gasteiger partial charge is 0.489 e. The lowest BCUT2D eigenvalue weighted by molar-refractivity contribution is -0.138. The summed E-state index contributed by atoms with van der Waals surface area (Å²) in [6.45, 7) is 4.67. The highest BCUT2D eigenvalue weighted by Crippen LogP contribution is 2.40. The first kappa shape index (κ1) is 23.1. The molecule has 0 fully saturated rings. The molecule has 0 amide bonds. The van der Waals surface area contributed by atoms with E-state index >= 15 is 0 Å². The van der Waals surface area contributed by atoms with E-state index in [4.69, 9.17) is 4.74 Å². The van der Waals surface area contributed by atoms with Crippen molar-refractivity contribution in [1.29, 1.82) is 0 Å². The van der Waals surface area contributed by atoms with Crippen molar-refractivity contribution in [2.75, 3.05) is 6.54 Å². The van der Waals surface area contributed by atoms with Gasteiger partial charge in [0, 0.05) is 24.1 Å². The average Bonchev–Trinajstić information content (AvgIpc) is 2.90. The zero-order valence-corrected chi connectivity index (χ0v) is 20.1. The van der Waals surface area contributed by atoms with E-state index in [0.29, 0.717) is 0 Å². The fourth-order valence-corrected chi connectivity index (χ4v) is 5.14. The molecular weight excluding hydrogens is 434 g/mol. The van der Waals surface area contributed by atoms with Crippen LogP contribution in [-0.4, -0.2) is 23.7 Å². The molecule has 35 heavy (non-hydrogen) atoms. The summed E-state index contributed by atoms with van der Waals surface area (Å²) in [5, 5.41) is 15.6. The summed E-state index contributed by atoms with van der Waals surface area (Å²) in [7, 11) is 0. The normalized spacial score (nSPS) is 18.9. The van der Waals surface area contributed by atoms with Gasteiger partial charge in [0.1, 0.15) is 11.9 Å². The molecule has 0 radical (unpaired) electrons. The molecule has 1 aliphatic heterocycles. The van der Waals surface area contributed by atoms with Gasteiger partial charge in [-0.1, -0.05) is 84.9 Å². The van der Waals surface area contributed by atoms with Crippen molar-refractivity contribution in [1.82, 2.24) is 5.32 Å². The smallest absolute Gasteiger partial charge is 0.310 e. The maximum atomic E-state index is 11.4. The monoisotopic (exact) mass is 465 g/mol. The van der Waals surface area contributed by atoms with Gasteiger partial charge in [-0.3, -0.25) is 4.79 Å². The highest BCUT2D eigenvalue weighted by Gasteiger charge is 2.29. The number of aliphatic carboxylic acids is 1. The summed E-state index contributed by atoms with van der Waals surface area (Å²) in [6.07, 6.45) is 0.894. The molecule has 4 nitrogen and oxygen atoms in total. The summed E-state index contributed by atoms with van der Waals surface area (Å²) < 4.78 is 6.41. The van der Waals surface area contributed by atoms with Gasteiger partial charge in [0.05, 0.1) is 5.92 Å². The van der Waals surface area contributed by atoms with Crippen LogP contribution in [0.1, 0.15) is 60.4 Å². The number of hydrogen-bond acceptors (Lipinski definition) is 3. The molecule has 4 heteroatoms. The molecule has 0 aliphatic carbocycles. The van der Waals surface area contributed by atoms with E-state index in [1.54, 1.807) is 6.92 Å². The Balaban J connectivity index is 1.34. The average molecular weight is 466 g/mol. The molecule has 4 aromatic carbocycles. The number of fused-ring (bicyclic) bond motifs is 2. The third-order valence-corrected chi connectivity index (χ3v) is 7.24. The van der Waals surface area contributed by atoms with E-state index in [-0.39, 0.29) is 18.1 Å². The summed E-state index contributed by atoms with van der Waals surface area (Å²) >= 11 is 0. The second kappa shape index (κ2) is 9.93. The minimum Gasteiger partial charge on any atom is -0.489 e. The van der Waals surface area contributed by atoms with Crippen LogP contribution >= 0.6 is 0 Å². The second-order valence-corrected chi connectivity index (χ2v) is 9.49. The van der Waals surface area contributed by atoms with Crippen molar-refractivity contribution >= 4 is 16.7 Å². The Morgan fingerprint density at radius 2 is 1.66 bits per heavy atom. The van der Waals surface area contributed by atoms with E-state index in [0.717, 1.165) is 24.3 Å². The quantitative estimate of drug-likeness (QED) is 0.320. The Morgan fingerprint density at radius 3 is 2.46 bits per heavy atom. The van der Waals surface area contributed by atoms with Crippen LogP contribution in [0.15, 0.2) is 91.0 Å². The standard InChI is InChI=1S/C31H31NO3/c1-20(31(33)34)22-14-16-24(17-15-22)29-18-25(35-30-13-6-5-11-28(29)30)19-32-21(2)26-12-7-9-23-8-3-4-10-27(23)26/h3-17,20-21,25,29,32H,18-19H2,1-2H3,(H,33,34)/t20?,21-,25-,29+/m1/s1. The molecule has 1 heterocycles. The Labute approximate surface area is 206 Å². The summed E-state index contributed by atoms with van der Waals surface area (Å²) in [5.41, 5.74) is 4.49. The van der Waals surface area contributed by atoms with Crippen LogP contribution in [0.25, 0.3) is 10.8 Å². The maximum Gasteiger partial charge on any atom is 0.310 e. The number of hydrogen-bond donors (Lipinski definition) is 2. The van der Waals surface area contributed by atoms with Crippen molar-refractivity contribution in [2.24, 2.45) is 0 Å². The first-order valence-corrected chi connectivity index (χ1v) is 12.3. The zero-order valence-electron chi connectivity index (χ0n) is 20.1. The maximum absolute atomic E-state index is 11.4. The Bertz CT molecular complexity index is 1330. The van der Waals surface area contributed by atoms with Crippen LogP contribution in [-0.2, 0) is 4.79 Å². The predicted octanol–water partition coefficient (Wildman–Crippen LogP) is 6.66. The number of carboxylic acids is 1. The van der Waals surface area contributed by atoms with Crippen LogP contribution in [0.4, 0.5) is 0 Å².